The number of aromatic nitrogens is 2. The Kier molecular flexibility index (Phi) is 5.80. The summed E-state index contributed by atoms with van der Waals surface area (Å²) in [6.07, 6.45) is 2.39. The second kappa shape index (κ2) is 8.55. The molecule has 1 amide bonds. The summed E-state index contributed by atoms with van der Waals surface area (Å²) in [5.41, 5.74) is 2.05. The maximum Gasteiger partial charge on any atom is 0.295 e. The number of likely N-dealkylation sites (tertiary alicyclic amines) is 1. The summed E-state index contributed by atoms with van der Waals surface area (Å²) in [6, 6.07) is 10.3. The van der Waals surface area contributed by atoms with Crippen molar-refractivity contribution in [1.82, 2.24) is 19.2 Å². The highest BCUT2D eigenvalue weighted by Gasteiger charge is 2.46. The summed E-state index contributed by atoms with van der Waals surface area (Å²) in [5, 5.41) is 11.3. The largest absolute Gasteiger partial charge is 0.505 e. The van der Waals surface area contributed by atoms with Gasteiger partial charge in [-0.3, -0.25) is 14.0 Å². The zero-order valence-corrected chi connectivity index (χ0v) is 18.2. The molecule has 8 heteroatoms. The van der Waals surface area contributed by atoms with Gasteiger partial charge in [0.1, 0.15) is 17.2 Å². The van der Waals surface area contributed by atoms with E-state index in [1.54, 1.807) is 41.8 Å². The number of imidazole rings is 1. The van der Waals surface area contributed by atoms with Crippen LogP contribution in [-0.4, -0.2) is 63.2 Å². The number of aliphatic hydroxyl groups excluding tert-OH is 1. The number of Topliss-reactive ketones (excluding diaryl/α,β-unsaturated/α-hetero) is 1. The lowest BCUT2D eigenvalue weighted by atomic mass is 9.96. The minimum Gasteiger partial charge on any atom is -0.505 e. The number of amides is 1. The molecule has 32 heavy (non-hydrogen) atoms. The molecule has 3 aromatic rings. The van der Waals surface area contributed by atoms with Crippen molar-refractivity contribution in [2.24, 2.45) is 0 Å². The van der Waals surface area contributed by atoms with Crippen molar-refractivity contribution < 1.29 is 19.1 Å². The van der Waals surface area contributed by atoms with Crippen LogP contribution in [0, 0.1) is 12.7 Å². The normalized spacial score (nSPS) is 18.3. The first-order chi connectivity index (χ1) is 15.3. The van der Waals surface area contributed by atoms with Gasteiger partial charge >= 0.3 is 0 Å². The molecule has 4 rings (SSSR count). The van der Waals surface area contributed by atoms with Gasteiger partial charge in [-0.25, -0.2) is 9.37 Å². The Morgan fingerprint density at radius 3 is 2.56 bits per heavy atom. The molecule has 0 aliphatic carbocycles. The highest BCUT2D eigenvalue weighted by Crippen LogP contribution is 2.40. The van der Waals surface area contributed by atoms with Crippen molar-refractivity contribution in [2.75, 3.05) is 27.2 Å². The minimum atomic E-state index is -0.813. The summed E-state index contributed by atoms with van der Waals surface area (Å²) in [7, 11) is 3.86. The van der Waals surface area contributed by atoms with Crippen LogP contribution >= 0.6 is 0 Å². The number of hydrogen-bond acceptors (Lipinski definition) is 5. The molecule has 1 aromatic carbocycles. The summed E-state index contributed by atoms with van der Waals surface area (Å²) < 4.78 is 15.3. The molecule has 0 bridgehead atoms. The van der Waals surface area contributed by atoms with E-state index < -0.39 is 23.5 Å². The van der Waals surface area contributed by atoms with Crippen molar-refractivity contribution in [2.45, 2.75) is 19.4 Å². The molecular formula is C24H25FN4O3. The van der Waals surface area contributed by atoms with E-state index in [1.807, 2.05) is 25.1 Å². The number of pyridine rings is 1. The fourth-order valence-electron chi connectivity index (χ4n) is 4.19. The number of rotatable bonds is 6. The van der Waals surface area contributed by atoms with E-state index in [1.165, 1.54) is 17.0 Å². The van der Waals surface area contributed by atoms with E-state index in [4.69, 9.17) is 0 Å². The van der Waals surface area contributed by atoms with E-state index >= 15 is 0 Å². The van der Waals surface area contributed by atoms with Crippen LogP contribution in [0.2, 0.25) is 0 Å². The Labute approximate surface area is 185 Å². The van der Waals surface area contributed by atoms with Crippen LogP contribution in [0.1, 0.15) is 29.4 Å². The third-order valence-corrected chi connectivity index (χ3v) is 5.66. The fourth-order valence-corrected chi connectivity index (χ4v) is 4.19. The summed E-state index contributed by atoms with van der Waals surface area (Å²) in [6.45, 7) is 2.79. The molecule has 2 aromatic heterocycles. The number of nitrogens with zero attached hydrogens (tertiary/aromatic N) is 4. The number of hydrogen-bond donors (Lipinski definition) is 1. The molecule has 1 fully saturated rings. The Bertz CT molecular complexity index is 1210. The first-order valence-corrected chi connectivity index (χ1v) is 10.4. The van der Waals surface area contributed by atoms with Gasteiger partial charge in [-0.1, -0.05) is 18.2 Å². The van der Waals surface area contributed by atoms with Crippen molar-refractivity contribution in [1.29, 1.82) is 0 Å². The second-order valence-electron chi connectivity index (χ2n) is 8.18. The SMILES string of the molecule is Cc1nc2ccccn2c1C(O)=C1C(=O)C(=O)N(CCCN(C)C)[C@H]1c1ccc(F)cc1. The molecular weight excluding hydrogens is 411 g/mol. The second-order valence-corrected chi connectivity index (χ2v) is 8.18. The standard InChI is InChI=1S/C24H25FN4O3/c1-15-20(28-13-5-4-7-18(28)26-15)22(30)19-21(16-8-10-17(25)11-9-16)29(24(32)23(19)31)14-6-12-27(2)3/h4-5,7-11,13,21,30H,6,12,14H2,1-3H3/t21-/m0/s1. The van der Waals surface area contributed by atoms with Crippen LogP contribution < -0.4 is 0 Å². The van der Waals surface area contributed by atoms with Gasteiger partial charge in [0.25, 0.3) is 11.7 Å². The van der Waals surface area contributed by atoms with Gasteiger partial charge in [0, 0.05) is 12.7 Å². The molecule has 1 aliphatic heterocycles. The van der Waals surface area contributed by atoms with Crippen molar-refractivity contribution in [3.05, 3.63) is 77.0 Å². The first kappa shape index (κ1) is 21.7. The highest BCUT2D eigenvalue weighted by atomic mass is 19.1. The smallest absolute Gasteiger partial charge is 0.295 e. The van der Waals surface area contributed by atoms with Crippen molar-refractivity contribution in [3.8, 4) is 0 Å². The maximum absolute atomic E-state index is 13.6. The maximum atomic E-state index is 13.6. The average Bonchev–Trinajstić information content (AvgIpc) is 3.22. The third kappa shape index (κ3) is 3.78. The number of benzene rings is 1. The summed E-state index contributed by atoms with van der Waals surface area (Å²) in [5.74, 6) is -2.14. The molecule has 1 saturated heterocycles. The molecule has 1 atom stereocenters. The lowest BCUT2D eigenvalue weighted by Gasteiger charge is -2.26. The number of carbonyl (C=O) groups is 2. The molecule has 0 unspecified atom stereocenters. The molecule has 1 aliphatic rings. The molecule has 166 valence electrons. The van der Waals surface area contributed by atoms with Gasteiger partial charge in [0.15, 0.2) is 5.76 Å². The molecule has 0 spiro atoms. The van der Waals surface area contributed by atoms with E-state index in [0.29, 0.717) is 35.6 Å². The number of fused-ring (bicyclic) bond motifs is 1. The Hall–Kier alpha value is -3.52. The average molecular weight is 436 g/mol. The summed E-state index contributed by atoms with van der Waals surface area (Å²) >= 11 is 0. The molecule has 1 N–H and O–H groups in total. The Balaban J connectivity index is 1.87. The zero-order valence-electron chi connectivity index (χ0n) is 18.2. The fraction of sp³-hybridized carbons (Fsp3) is 0.292. The Morgan fingerprint density at radius 1 is 1.16 bits per heavy atom. The Morgan fingerprint density at radius 2 is 1.88 bits per heavy atom. The van der Waals surface area contributed by atoms with E-state index in [2.05, 4.69) is 4.98 Å². The van der Waals surface area contributed by atoms with Crippen LogP contribution in [0.5, 0.6) is 0 Å². The first-order valence-electron chi connectivity index (χ1n) is 10.4. The van der Waals surface area contributed by atoms with Crippen LogP contribution in [0.4, 0.5) is 4.39 Å². The molecule has 3 heterocycles. The van der Waals surface area contributed by atoms with E-state index in [-0.39, 0.29) is 11.3 Å². The lowest BCUT2D eigenvalue weighted by molar-refractivity contribution is -0.139. The van der Waals surface area contributed by atoms with Crippen molar-refractivity contribution in [3.63, 3.8) is 0 Å². The number of ketones is 1. The van der Waals surface area contributed by atoms with Gasteiger partial charge in [-0.2, -0.15) is 0 Å². The zero-order chi connectivity index (χ0) is 23.0. The summed E-state index contributed by atoms with van der Waals surface area (Å²) in [4.78, 5) is 34.0. The van der Waals surface area contributed by atoms with Crippen LogP contribution in [0.3, 0.4) is 0 Å². The monoisotopic (exact) mass is 436 g/mol. The quantitative estimate of drug-likeness (QED) is 0.365. The predicted octanol–water partition coefficient (Wildman–Crippen LogP) is 3.16. The number of carbonyl (C=O) groups excluding carboxylic acids is 2. The van der Waals surface area contributed by atoms with Gasteiger partial charge in [-0.15, -0.1) is 0 Å². The highest BCUT2D eigenvalue weighted by molar-refractivity contribution is 6.46. The third-order valence-electron chi connectivity index (χ3n) is 5.66. The van der Waals surface area contributed by atoms with E-state index in [0.717, 1.165) is 6.54 Å². The number of aryl methyl sites for hydroxylation is 1. The molecule has 0 saturated carbocycles. The number of aliphatic hydroxyl groups is 1. The van der Waals surface area contributed by atoms with Gasteiger partial charge < -0.3 is 14.9 Å². The van der Waals surface area contributed by atoms with Gasteiger partial charge in [0.05, 0.1) is 17.3 Å². The molecule has 0 radical (unpaired) electrons. The van der Waals surface area contributed by atoms with Gasteiger partial charge in [-0.05, 0) is 63.8 Å². The van der Waals surface area contributed by atoms with Crippen molar-refractivity contribution >= 4 is 23.1 Å². The lowest BCUT2D eigenvalue weighted by Crippen LogP contribution is -2.32. The minimum absolute atomic E-state index is 0.0137. The predicted molar refractivity (Wildman–Crippen MR) is 119 cm³/mol. The van der Waals surface area contributed by atoms with Crippen LogP contribution in [0.15, 0.2) is 54.2 Å². The van der Waals surface area contributed by atoms with Crippen LogP contribution in [0.25, 0.3) is 11.4 Å². The van der Waals surface area contributed by atoms with Crippen LogP contribution in [-0.2, 0) is 9.59 Å². The van der Waals surface area contributed by atoms with E-state index in [9.17, 15) is 19.1 Å². The van der Waals surface area contributed by atoms with Gasteiger partial charge in [0.2, 0.25) is 0 Å². The number of halogens is 1. The topological polar surface area (TPSA) is 78.1 Å². The molecule has 7 nitrogen and oxygen atoms in total.